The summed E-state index contributed by atoms with van der Waals surface area (Å²) in [4.78, 5) is 11.5. The number of phenols is 2. The van der Waals surface area contributed by atoms with Gasteiger partial charge in [0.15, 0.2) is 0 Å². The lowest BCUT2D eigenvalue weighted by Crippen LogP contribution is -2.42. The van der Waals surface area contributed by atoms with Crippen LogP contribution in [0.5, 0.6) is 17.2 Å². The number of phenolic OH excluding ortho intramolecular Hbond substituents is 2. The Morgan fingerprint density at radius 2 is 1.50 bits per heavy atom. The summed E-state index contributed by atoms with van der Waals surface area (Å²) in [6.07, 6.45) is -0.730. The maximum absolute atomic E-state index is 13.1. The number of aromatic hydroxyl groups is 2. The van der Waals surface area contributed by atoms with Gasteiger partial charge in [-0.2, -0.15) is 22.0 Å². The van der Waals surface area contributed by atoms with Crippen molar-refractivity contribution < 1.29 is 46.8 Å². The average molecular weight is 601 g/mol. The van der Waals surface area contributed by atoms with Crippen LogP contribution in [0.25, 0.3) is 0 Å². The second kappa shape index (κ2) is 14.4. The molecule has 3 atom stereocenters. The van der Waals surface area contributed by atoms with E-state index < -0.39 is 36.8 Å². The molecule has 0 spiro atoms. The highest BCUT2D eigenvalue weighted by Gasteiger charge is 2.56. The van der Waals surface area contributed by atoms with Gasteiger partial charge in [-0.3, -0.25) is 4.79 Å². The minimum atomic E-state index is -5.62. The Balaban J connectivity index is 1.49. The lowest BCUT2D eigenvalue weighted by Gasteiger charge is -2.45. The smallest absolute Gasteiger partial charge is 0.453 e. The SMILES string of the molecule is CC[C@]1(c2ccc(O)cc2)COc2cc(O)ccc2[C@H]1CCCCCCCCC(CCCC(F)(F)C(F)(F)F)C(=O)O. The molecule has 0 aromatic heterocycles. The van der Waals surface area contributed by atoms with Crippen LogP contribution in [0.1, 0.15) is 101 Å². The molecule has 0 saturated heterocycles. The third kappa shape index (κ3) is 8.28. The van der Waals surface area contributed by atoms with Crippen LogP contribution in [0.15, 0.2) is 42.5 Å². The van der Waals surface area contributed by atoms with Gasteiger partial charge in [0, 0.05) is 23.8 Å². The molecule has 3 N–H and O–H groups in total. The van der Waals surface area contributed by atoms with Crippen molar-refractivity contribution in [2.75, 3.05) is 6.61 Å². The summed E-state index contributed by atoms with van der Waals surface area (Å²) in [5.41, 5.74) is 1.83. The zero-order valence-corrected chi connectivity index (χ0v) is 23.9. The minimum Gasteiger partial charge on any atom is -0.508 e. The summed E-state index contributed by atoms with van der Waals surface area (Å²) in [6, 6.07) is 12.5. The highest BCUT2D eigenvalue weighted by atomic mass is 19.4. The van der Waals surface area contributed by atoms with Gasteiger partial charge in [0.05, 0.1) is 12.5 Å². The molecule has 0 bridgehead atoms. The van der Waals surface area contributed by atoms with Gasteiger partial charge in [0.1, 0.15) is 17.2 Å². The first-order chi connectivity index (χ1) is 19.8. The molecule has 0 radical (unpaired) electrons. The second-order valence-electron chi connectivity index (χ2n) is 11.4. The Hall–Kier alpha value is -3.04. The fourth-order valence-electron chi connectivity index (χ4n) is 6.15. The van der Waals surface area contributed by atoms with E-state index in [1.54, 1.807) is 24.3 Å². The summed E-state index contributed by atoms with van der Waals surface area (Å²) in [6.45, 7) is 2.58. The number of carboxylic acid groups (broad SMARTS) is 1. The van der Waals surface area contributed by atoms with Crippen molar-refractivity contribution in [2.45, 2.75) is 107 Å². The topological polar surface area (TPSA) is 87.0 Å². The van der Waals surface area contributed by atoms with Gasteiger partial charge in [-0.25, -0.2) is 0 Å². The zero-order valence-electron chi connectivity index (χ0n) is 23.9. The fourth-order valence-corrected chi connectivity index (χ4v) is 6.15. The lowest BCUT2D eigenvalue weighted by atomic mass is 9.63. The van der Waals surface area contributed by atoms with E-state index in [1.807, 2.05) is 18.2 Å². The Kier molecular flexibility index (Phi) is 11.5. The first kappa shape index (κ1) is 33.5. The minimum absolute atomic E-state index is 0.137. The van der Waals surface area contributed by atoms with E-state index in [0.717, 1.165) is 56.1 Å². The maximum atomic E-state index is 13.1. The largest absolute Gasteiger partial charge is 0.508 e. The molecule has 5 nitrogen and oxygen atoms in total. The van der Waals surface area contributed by atoms with E-state index in [4.69, 9.17) is 4.74 Å². The number of ether oxygens (including phenoxy) is 1. The predicted octanol–water partition coefficient (Wildman–Crippen LogP) is 9.11. The molecule has 0 aliphatic carbocycles. The Morgan fingerprint density at radius 1 is 0.905 bits per heavy atom. The second-order valence-corrected chi connectivity index (χ2v) is 11.4. The molecule has 0 amide bonds. The number of fused-ring (bicyclic) bond motifs is 1. The van der Waals surface area contributed by atoms with Gasteiger partial charge in [-0.1, -0.05) is 63.6 Å². The molecular formula is C32H41F5O5. The van der Waals surface area contributed by atoms with E-state index in [2.05, 4.69) is 6.92 Å². The first-order valence-corrected chi connectivity index (χ1v) is 14.7. The van der Waals surface area contributed by atoms with Crippen molar-refractivity contribution in [3.63, 3.8) is 0 Å². The van der Waals surface area contributed by atoms with Crippen LogP contribution in [0.4, 0.5) is 22.0 Å². The number of aliphatic carboxylic acids is 1. The molecular weight excluding hydrogens is 559 g/mol. The molecule has 2 aromatic carbocycles. The van der Waals surface area contributed by atoms with E-state index >= 15 is 0 Å². The third-order valence-corrected chi connectivity index (χ3v) is 8.70. The summed E-state index contributed by atoms with van der Waals surface area (Å²) >= 11 is 0. The number of carbonyl (C=O) groups is 1. The standard InChI is InChI=1S/C32H41F5O5/c1-2-30(23-13-15-24(38)16-14-23)21-42-28-20-25(39)17-18-26(28)27(30)12-8-6-4-3-5-7-10-22(29(40)41)11-9-19-31(33,34)32(35,36)37/h13-18,20,22,27,38-39H,2-12,19,21H2,1H3,(H,40,41)/t22?,27-,30-/m1/s1. The normalized spacial score (nSPS) is 19.6. The number of hydrogen-bond donors (Lipinski definition) is 3. The van der Waals surface area contributed by atoms with E-state index in [-0.39, 0.29) is 35.7 Å². The Bertz CT molecular complexity index is 1150. The van der Waals surface area contributed by atoms with Crippen LogP contribution < -0.4 is 4.74 Å². The molecule has 1 aliphatic rings. The quantitative estimate of drug-likeness (QED) is 0.132. The Labute approximate surface area is 243 Å². The molecule has 1 aliphatic heterocycles. The monoisotopic (exact) mass is 600 g/mol. The van der Waals surface area contributed by atoms with Crippen LogP contribution in [0.3, 0.4) is 0 Å². The van der Waals surface area contributed by atoms with Gasteiger partial charge in [-0.15, -0.1) is 0 Å². The molecule has 1 unspecified atom stereocenters. The van der Waals surface area contributed by atoms with E-state index in [1.165, 1.54) is 0 Å². The fraction of sp³-hybridized carbons (Fsp3) is 0.594. The Morgan fingerprint density at radius 3 is 2.12 bits per heavy atom. The molecule has 0 fully saturated rings. The first-order valence-electron chi connectivity index (χ1n) is 14.7. The number of rotatable bonds is 16. The number of benzene rings is 2. The van der Waals surface area contributed by atoms with Gasteiger partial charge in [0.2, 0.25) is 0 Å². The zero-order chi connectivity index (χ0) is 31.0. The number of hydrogen-bond acceptors (Lipinski definition) is 4. The van der Waals surface area contributed by atoms with E-state index in [9.17, 15) is 42.1 Å². The summed E-state index contributed by atoms with van der Waals surface area (Å²) in [5.74, 6) is -5.74. The molecule has 0 saturated carbocycles. The molecule has 2 aromatic rings. The summed E-state index contributed by atoms with van der Waals surface area (Å²) in [7, 11) is 0. The molecule has 42 heavy (non-hydrogen) atoms. The van der Waals surface area contributed by atoms with Gasteiger partial charge in [-0.05, 0) is 61.4 Å². The van der Waals surface area contributed by atoms with Crippen LogP contribution in [-0.4, -0.2) is 40.0 Å². The van der Waals surface area contributed by atoms with Crippen molar-refractivity contribution in [1.82, 2.24) is 0 Å². The highest BCUT2D eigenvalue weighted by molar-refractivity contribution is 5.69. The van der Waals surface area contributed by atoms with Crippen molar-refractivity contribution >= 4 is 5.97 Å². The third-order valence-electron chi connectivity index (χ3n) is 8.70. The van der Waals surface area contributed by atoms with Crippen LogP contribution >= 0.6 is 0 Å². The summed E-state index contributed by atoms with van der Waals surface area (Å²) < 4.78 is 69.4. The maximum Gasteiger partial charge on any atom is 0.453 e. The van der Waals surface area contributed by atoms with Crippen molar-refractivity contribution in [2.24, 2.45) is 5.92 Å². The van der Waals surface area contributed by atoms with Gasteiger partial charge in [0.25, 0.3) is 0 Å². The van der Waals surface area contributed by atoms with Crippen LogP contribution in [-0.2, 0) is 10.2 Å². The number of halogens is 5. The van der Waals surface area contributed by atoms with E-state index in [0.29, 0.717) is 18.8 Å². The summed E-state index contributed by atoms with van der Waals surface area (Å²) in [5, 5.41) is 29.2. The van der Waals surface area contributed by atoms with Gasteiger partial charge < -0.3 is 20.1 Å². The average Bonchev–Trinajstić information content (AvgIpc) is 2.93. The van der Waals surface area contributed by atoms with Crippen molar-refractivity contribution in [1.29, 1.82) is 0 Å². The number of unbranched alkanes of at least 4 members (excludes halogenated alkanes) is 5. The van der Waals surface area contributed by atoms with Crippen molar-refractivity contribution in [3.8, 4) is 17.2 Å². The number of carboxylic acids is 1. The highest BCUT2D eigenvalue weighted by Crippen LogP contribution is 2.51. The molecule has 3 rings (SSSR count). The van der Waals surface area contributed by atoms with Crippen molar-refractivity contribution in [3.05, 3.63) is 53.6 Å². The van der Waals surface area contributed by atoms with Gasteiger partial charge >= 0.3 is 18.1 Å². The number of alkyl halides is 5. The molecule has 1 heterocycles. The lowest BCUT2D eigenvalue weighted by molar-refractivity contribution is -0.284. The van der Waals surface area contributed by atoms with Crippen LogP contribution in [0.2, 0.25) is 0 Å². The van der Waals surface area contributed by atoms with Crippen LogP contribution in [0, 0.1) is 5.92 Å². The molecule has 234 valence electrons. The molecule has 10 heteroatoms. The predicted molar refractivity (Wildman–Crippen MR) is 149 cm³/mol.